The summed E-state index contributed by atoms with van der Waals surface area (Å²) in [6, 6.07) is 9.71. The van der Waals surface area contributed by atoms with Crippen LogP contribution in [-0.2, 0) is 7.05 Å². The predicted molar refractivity (Wildman–Crippen MR) is 101 cm³/mol. The molecule has 2 aromatic heterocycles. The Balaban J connectivity index is 1.89. The number of anilines is 1. The maximum absolute atomic E-state index is 14.5. The highest BCUT2D eigenvalue weighted by Gasteiger charge is 2.23. The largest absolute Gasteiger partial charge is 0.356 e. The van der Waals surface area contributed by atoms with Gasteiger partial charge in [0.1, 0.15) is 17.7 Å². The summed E-state index contributed by atoms with van der Waals surface area (Å²) < 4.78 is 43.9. The monoisotopic (exact) mass is 382 g/mol. The molecule has 2 aromatic carbocycles. The first-order chi connectivity index (χ1) is 13.5. The summed E-state index contributed by atoms with van der Waals surface area (Å²) in [5.74, 6) is -3.24. The average molecular weight is 382 g/mol. The highest BCUT2D eigenvalue weighted by Crippen LogP contribution is 2.32. The lowest BCUT2D eigenvalue weighted by Gasteiger charge is -2.21. The van der Waals surface area contributed by atoms with Gasteiger partial charge in [0.2, 0.25) is 0 Å². The highest BCUT2D eigenvalue weighted by molar-refractivity contribution is 5.92. The fourth-order valence-electron chi connectivity index (χ4n) is 3.29. The number of hydrogen-bond donors (Lipinski definition) is 1. The van der Waals surface area contributed by atoms with Gasteiger partial charge in [0.25, 0.3) is 0 Å². The van der Waals surface area contributed by atoms with E-state index >= 15 is 0 Å². The molecule has 0 aliphatic rings. The van der Waals surface area contributed by atoms with Crippen molar-refractivity contribution >= 4 is 16.6 Å². The molecule has 1 atom stereocenters. The molecular formula is C21H17F3N4. The minimum absolute atomic E-state index is 0.103. The molecule has 0 saturated heterocycles. The van der Waals surface area contributed by atoms with Crippen LogP contribution in [0.5, 0.6) is 0 Å². The number of imidazole rings is 1. The van der Waals surface area contributed by atoms with Crippen molar-refractivity contribution in [3.63, 3.8) is 0 Å². The van der Waals surface area contributed by atoms with Crippen molar-refractivity contribution in [2.75, 3.05) is 5.32 Å². The lowest BCUT2D eigenvalue weighted by atomic mass is 10.0. The maximum atomic E-state index is 14.5. The molecule has 0 amide bonds. The van der Waals surface area contributed by atoms with Crippen molar-refractivity contribution in [3.8, 4) is 0 Å². The summed E-state index contributed by atoms with van der Waals surface area (Å²) in [6.07, 6.45) is 4.88. The Bertz CT molecular complexity index is 1170. The Morgan fingerprint density at radius 2 is 1.82 bits per heavy atom. The smallest absolute Gasteiger partial charge is 0.195 e. The highest BCUT2D eigenvalue weighted by atomic mass is 19.2. The van der Waals surface area contributed by atoms with E-state index < -0.39 is 23.5 Å². The zero-order valence-electron chi connectivity index (χ0n) is 15.2. The molecule has 4 aromatic rings. The number of halogens is 3. The summed E-state index contributed by atoms with van der Waals surface area (Å²) in [5, 5.41) is 3.29. The molecule has 7 heteroatoms. The average Bonchev–Trinajstić information content (AvgIpc) is 3.09. The molecule has 4 nitrogen and oxygen atoms in total. The zero-order chi connectivity index (χ0) is 19.8. The van der Waals surface area contributed by atoms with E-state index in [0.717, 1.165) is 17.2 Å². The van der Waals surface area contributed by atoms with E-state index in [1.54, 1.807) is 12.4 Å². The second-order valence-corrected chi connectivity index (χ2v) is 6.63. The quantitative estimate of drug-likeness (QED) is 0.511. The Morgan fingerprint density at radius 1 is 1.00 bits per heavy atom. The van der Waals surface area contributed by atoms with Gasteiger partial charge in [-0.25, -0.2) is 23.1 Å². The number of nitrogens with zero attached hydrogens (tertiary/aromatic N) is 3. The number of fused-ring (bicyclic) bond motifs is 1. The lowest BCUT2D eigenvalue weighted by molar-refractivity contribution is 0.453. The van der Waals surface area contributed by atoms with Crippen molar-refractivity contribution in [2.24, 2.45) is 7.05 Å². The Morgan fingerprint density at radius 3 is 2.54 bits per heavy atom. The zero-order valence-corrected chi connectivity index (χ0v) is 15.2. The number of aromatic nitrogens is 3. The van der Waals surface area contributed by atoms with Gasteiger partial charge in [-0.15, -0.1) is 0 Å². The molecule has 0 spiro atoms. The third-order valence-corrected chi connectivity index (χ3v) is 4.66. The second-order valence-electron chi connectivity index (χ2n) is 6.63. The minimum atomic E-state index is -1.52. The van der Waals surface area contributed by atoms with Crippen LogP contribution in [0.3, 0.4) is 0 Å². The van der Waals surface area contributed by atoms with Crippen LogP contribution in [0.4, 0.5) is 19.0 Å². The minimum Gasteiger partial charge on any atom is -0.356 e. The maximum Gasteiger partial charge on any atom is 0.195 e. The van der Waals surface area contributed by atoms with Crippen LogP contribution < -0.4 is 5.32 Å². The number of nitrogens with one attached hydrogen (secondary N) is 1. The van der Waals surface area contributed by atoms with Crippen LogP contribution in [0.1, 0.15) is 23.0 Å². The van der Waals surface area contributed by atoms with Gasteiger partial charge >= 0.3 is 0 Å². The van der Waals surface area contributed by atoms with E-state index in [4.69, 9.17) is 0 Å². The van der Waals surface area contributed by atoms with E-state index in [1.807, 2.05) is 42.8 Å². The van der Waals surface area contributed by atoms with Crippen molar-refractivity contribution in [2.45, 2.75) is 13.0 Å². The SMILES string of the molecule is Cc1cccc(C(Nc2nccc3cc(F)c(F)c(F)c23)c2nccn2C)c1. The molecule has 0 fully saturated rings. The Kier molecular flexibility index (Phi) is 4.50. The molecule has 2 heterocycles. The number of rotatable bonds is 4. The van der Waals surface area contributed by atoms with E-state index in [0.29, 0.717) is 5.82 Å². The van der Waals surface area contributed by atoms with E-state index in [2.05, 4.69) is 15.3 Å². The molecule has 0 aliphatic heterocycles. The second kappa shape index (κ2) is 6.99. The van der Waals surface area contributed by atoms with Gasteiger partial charge in [0.05, 0.1) is 5.39 Å². The molecule has 0 aliphatic carbocycles. The van der Waals surface area contributed by atoms with Crippen molar-refractivity contribution in [1.82, 2.24) is 14.5 Å². The molecule has 142 valence electrons. The van der Waals surface area contributed by atoms with E-state index in [9.17, 15) is 13.2 Å². The topological polar surface area (TPSA) is 42.7 Å². The van der Waals surface area contributed by atoms with Gasteiger partial charge in [-0.2, -0.15) is 0 Å². The predicted octanol–water partition coefficient (Wildman–Crippen LogP) is 4.90. The van der Waals surface area contributed by atoms with Gasteiger partial charge in [0, 0.05) is 25.6 Å². The molecule has 0 bridgehead atoms. The van der Waals surface area contributed by atoms with Gasteiger partial charge in [0.15, 0.2) is 17.5 Å². The van der Waals surface area contributed by atoms with Crippen LogP contribution in [-0.4, -0.2) is 14.5 Å². The summed E-state index contributed by atoms with van der Waals surface area (Å²) in [4.78, 5) is 8.59. The molecule has 28 heavy (non-hydrogen) atoms. The first-order valence-electron chi connectivity index (χ1n) is 8.68. The Hall–Kier alpha value is -3.35. The fraction of sp³-hybridized carbons (Fsp3) is 0.143. The third-order valence-electron chi connectivity index (χ3n) is 4.66. The van der Waals surface area contributed by atoms with Gasteiger partial charge < -0.3 is 9.88 Å². The number of aryl methyl sites for hydroxylation is 2. The van der Waals surface area contributed by atoms with Crippen LogP contribution in [0.2, 0.25) is 0 Å². The van der Waals surface area contributed by atoms with E-state index in [1.165, 1.54) is 12.3 Å². The van der Waals surface area contributed by atoms with Crippen molar-refractivity contribution in [1.29, 1.82) is 0 Å². The van der Waals surface area contributed by atoms with Gasteiger partial charge in [-0.3, -0.25) is 0 Å². The van der Waals surface area contributed by atoms with Crippen LogP contribution >= 0.6 is 0 Å². The summed E-state index contributed by atoms with van der Waals surface area (Å²) >= 11 is 0. The number of benzene rings is 2. The molecule has 0 saturated carbocycles. The number of pyridine rings is 1. The first kappa shape index (κ1) is 18.0. The van der Waals surface area contributed by atoms with Crippen LogP contribution in [0.25, 0.3) is 10.8 Å². The van der Waals surface area contributed by atoms with Gasteiger partial charge in [-0.1, -0.05) is 29.8 Å². The standard InChI is InChI=1S/C21H17F3N4/c1-12-4-3-5-14(10-12)19(21-26-8-9-28(21)2)27-20-16-13(6-7-25-20)11-15(22)17(23)18(16)24/h3-11,19H,1-2H3,(H,25,27). The number of hydrogen-bond acceptors (Lipinski definition) is 3. The molecule has 4 rings (SSSR count). The van der Waals surface area contributed by atoms with Crippen molar-refractivity contribution < 1.29 is 13.2 Å². The van der Waals surface area contributed by atoms with Crippen molar-refractivity contribution in [3.05, 3.63) is 89.4 Å². The normalized spacial score (nSPS) is 12.3. The molecule has 1 N–H and O–H groups in total. The lowest BCUT2D eigenvalue weighted by Crippen LogP contribution is -2.18. The van der Waals surface area contributed by atoms with E-state index in [-0.39, 0.29) is 16.6 Å². The molecular weight excluding hydrogens is 365 g/mol. The third kappa shape index (κ3) is 3.09. The first-order valence-corrected chi connectivity index (χ1v) is 8.68. The van der Waals surface area contributed by atoms with Crippen LogP contribution in [0, 0.1) is 24.4 Å². The summed E-state index contributed by atoms with van der Waals surface area (Å²) in [6.45, 7) is 1.97. The molecule has 1 unspecified atom stereocenters. The Labute approximate surface area is 159 Å². The summed E-state index contributed by atoms with van der Waals surface area (Å²) in [5.41, 5.74) is 1.93. The summed E-state index contributed by atoms with van der Waals surface area (Å²) in [7, 11) is 1.85. The molecule has 0 radical (unpaired) electrons. The van der Waals surface area contributed by atoms with Gasteiger partial charge in [-0.05, 0) is 30.0 Å². The fourth-order valence-corrected chi connectivity index (χ4v) is 3.29. The van der Waals surface area contributed by atoms with Crippen LogP contribution in [0.15, 0.2) is 55.0 Å².